The van der Waals surface area contributed by atoms with Gasteiger partial charge in [0.05, 0.1) is 12.3 Å². The van der Waals surface area contributed by atoms with E-state index in [0.717, 1.165) is 57.5 Å². The van der Waals surface area contributed by atoms with Crippen LogP contribution in [-0.2, 0) is 4.79 Å². The molecule has 1 aromatic rings. The number of aliphatic imine (C=N–C) groups is 1. The van der Waals surface area contributed by atoms with E-state index < -0.39 is 0 Å². The Balaban J connectivity index is 0.00000261. The van der Waals surface area contributed by atoms with Crippen LogP contribution in [0.5, 0.6) is 0 Å². The number of piperazine rings is 1. The number of halogens is 1. The molecule has 2 saturated heterocycles. The van der Waals surface area contributed by atoms with E-state index >= 15 is 0 Å². The van der Waals surface area contributed by atoms with Crippen LogP contribution in [0.3, 0.4) is 0 Å². The van der Waals surface area contributed by atoms with Crippen molar-refractivity contribution in [3.8, 4) is 0 Å². The molecule has 0 aromatic carbocycles. The number of nitrogens with one attached hydrogen (secondary N) is 1. The summed E-state index contributed by atoms with van der Waals surface area (Å²) in [6.07, 6.45) is 5.57. The Labute approximate surface area is 179 Å². The van der Waals surface area contributed by atoms with E-state index in [1.165, 1.54) is 19.3 Å². The second kappa shape index (κ2) is 10.9. The summed E-state index contributed by atoms with van der Waals surface area (Å²) in [7, 11) is 1.82. The van der Waals surface area contributed by atoms with Crippen molar-refractivity contribution in [2.45, 2.75) is 32.2 Å². The molecule has 8 heteroatoms. The number of furan rings is 1. The van der Waals surface area contributed by atoms with Crippen LogP contribution in [0.15, 0.2) is 27.8 Å². The summed E-state index contributed by atoms with van der Waals surface area (Å²) >= 11 is 0. The Bertz CT molecular complexity index is 593. The maximum atomic E-state index is 11.5. The molecule has 0 spiro atoms. The summed E-state index contributed by atoms with van der Waals surface area (Å²) in [5.41, 5.74) is 0. The number of carbonyl (C=O) groups excluding carboxylic acids is 1. The minimum Gasteiger partial charge on any atom is -0.468 e. The number of hydrogen-bond acceptors (Lipinski definition) is 4. The molecule has 1 unspecified atom stereocenters. The van der Waals surface area contributed by atoms with Gasteiger partial charge in [-0.05, 0) is 38.1 Å². The average molecular weight is 489 g/mol. The second-order valence-corrected chi connectivity index (χ2v) is 7.05. The SMILES string of the molecule is CN=C(NCC(c1ccco1)N1CCCCC1)N1CCN(C(C)=O)CC1.I. The Morgan fingerprint density at radius 1 is 1.15 bits per heavy atom. The van der Waals surface area contributed by atoms with E-state index in [-0.39, 0.29) is 35.9 Å². The molecular formula is C19H32IN5O2. The molecule has 1 amide bonds. The Kier molecular flexibility index (Phi) is 8.88. The summed E-state index contributed by atoms with van der Waals surface area (Å²) in [5, 5.41) is 3.54. The van der Waals surface area contributed by atoms with Crippen molar-refractivity contribution >= 4 is 35.8 Å². The number of amides is 1. The minimum absolute atomic E-state index is 0. The van der Waals surface area contributed by atoms with Crippen molar-refractivity contribution in [2.24, 2.45) is 4.99 Å². The zero-order chi connectivity index (χ0) is 18.4. The highest BCUT2D eigenvalue weighted by molar-refractivity contribution is 14.0. The van der Waals surface area contributed by atoms with Crippen LogP contribution in [0.2, 0.25) is 0 Å². The average Bonchev–Trinajstić information content (AvgIpc) is 3.20. The van der Waals surface area contributed by atoms with Crippen LogP contribution in [-0.4, -0.2) is 79.4 Å². The molecule has 2 aliphatic heterocycles. The van der Waals surface area contributed by atoms with Gasteiger partial charge in [-0.2, -0.15) is 0 Å². The van der Waals surface area contributed by atoms with Gasteiger partial charge < -0.3 is 19.5 Å². The topological polar surface area (TPSA) is 64.3 Å². The number of hydrogen-bond donors (Lipinski definition) is 1. The molecule has 7 nitrogen and oxygen atoms in total. The lowest BCUT2D eigenvalue weighted by molar-refractivity contribution is -0.130. The predicted molar refractivity (Wildman–Crippen MR) is 117 cm³/mol. The third kappa shape index (κ3) is 5.84. The number of rotatable bonds is 4. The van der Waals surface area contributed by atoms with Crippen molar-refractivity contribution in [3.63, 3.8) is 0 Å². The first-order valence-corrected chi connectivity index (χ1v) is 9.67. The van der Waals surface area contributed by atoms with Crippen molar-refractivity contribution in [1.82, 2.24) is 20.0 Å². The van der Waals surface area contributed by atoms with Gasteiger partial charge in [-0.25, -0.2) is 0 Å². The molecule has 1 N–H and O–H groups in total. The lowest BCUT2D eigenvalue weighted by Crippen LogP contribution is -2.54. The summed E-state index contributed by atoms with van der Waals surface area (Å²) in [6.45, 7) is 7.77. The highest BCUT2D eigenvalue weighted by Gasteiger charge is 2.26. The number of piperidine rings is 1. The molecule has 152 valence electrons. The van der Waals surface area contributed by atoms with E-state index in [2.05, 4.69) is 26.2 Å². The molecule has 3 heterocycles. The molecule has 0 bridgehead atoms. The predicted octanol–water partition coefficient (Wildman–Crippen LogP) is 2.16. The van der Waals surface area contributed by atoms with Gasteiger partial charge in [-0.1, -0.05) is 6.42 Å². The first-order chi connectivity index (χ1) is 12.7. The summed E-state index contributed by atoms with van der Waals surface area (Å²) in [6, 6.07) is 4.25. The highest BCUT2D eigenvalue weighted by Crippen LogP contribution is 2.24. The van der Waals surface area contributed by atoms with Crippen molar-refractivity contribution in [1.29, 1.82) is 0 Å². The van der Waals surface area contributed by atoms with Gasteiger partial charge in [-0.15, -0.1) is 24.0 Å². The molecule has 0 saturated carbocycles. The van der Waals surface area contributed by atoms with Crippen molar-refractivity contribution in [3.05, 3.63) is 24.2 Å². The van der Waals surface area contributed by atoms with Gasteiger partial charge in [-0.3, -0.25) is 14.7 Å². The van der Waals surface area contributed by atoms with Crippen LogP contribution >= 0.6 is 24.0 Å². The highest BCUT2D eigenvalue weighted by atomic mass is 127. The maximum absolute atomic E-state index is 11.5. The van der Waals surface area contributed by atoms with E-state index in [0.29, 0.717) is 0 Å². The van der Waals surface area contributed by atoms with E-state index in [1.807, 2.05) is 18.0 Å². The first-order valence-electron chi connectivity index (χ1n) is 9.67. The molecule has 3 rings (SSSR count). The molecule has 0 aliphatic carbocycles. The summed E-state index contributed by atoms with van der Waals surface area (Å²) < 4.78 is 5.72. The largest absolute Gasteiger partial charge is 0.468 e. The number of carbonyl (C=O) groups is 1. The van der Waals surface area contributed by atoms with Gasteiger partial charge >= 0.3 is 0 Å². The number of guanidine groups is 1. The van der Waals surface area contributed by atoms with Crippen LogP contribution in [0.1, 0.15) is 38.0 Å². The zero-order valence-corrected chi connectivity index (χ0v) is 18.7. The van der Waals surface area contributed by atoms with Crippen LogP contribution < -0.4 is 5.32 Å². The normalized spacial score (nSPS) is 20.1. The lowest BCUT2D eigenvalue weighted by Gasteiger charge is -2.37. The van der Waals surface area contributed by atoms with Gasteiger partial charge in [0.2, 0.25) is 5.91 Å². The third-order valence-electron chi connectivity index (χ3n) is 5.39. The van der Waals surface area contributed by atoms with E-state index in [4.69, 9.17) is 4.42 Å². The molecule has 0 radical (unpaired) electrons. The minimum atomic E-state index is 0. The first kappa shape index (κ1) is 22.0. The smallest absolute Gasteiger partial charge is 0.219 e. The van der Waals surface area contributed by atoms with Crippen molar-refractivity contribution in [2.75, 3.05) is 52.9 Å². The molecule has 2 aliphatic rings. The van der Waals surface area contributed by atoms with E-state index in [1.54, 1.807) is 13.2 Å². The molecule has 1 atom stereocenters. The fourth-order valence-electron chi connectivity index (χ4n) is 3.87. The molecular weight excluding hydrogens is 457 g/mol. The molecule has 2 fully saturated rings. The van der Waals surface area contributed by atoms with E-state index in [9.17, 15) is 4.79 Å². The van der Waals surface area contributed by atoms with Crippen molar-refractivity contribution < 1.29 is 9.21 Å². The quantitative estimate of drug-likeness (QED) is 0.399. The van der Waals surface area contributed by atoms with Crippen LogP contribution in [0.4, 0.5) is 0 Å². The van der Waals surface area contributed by atoms with Gasteiger partial charge in [0.25, 0.3) is 0 Å². The summed E-state index contributed by atoms with van der Waals surface area (Å²) in [4.78, 5) is 22.6. The third-order valence-corrected chi connectivity index (χ3v) is 5.39. The fraction of sp³-hybridized carbons (Fsp3) is 0.684. The Morgan fingerprint density at radius 3 is 2.37 bits per heavy atom. The fourth-order valence-corrected chi connectivity index (χ4v) is 3.87. The van der Waals surface area contributed by atoms with Crippen LogP contribution in [0.25, 0.3) is 0 Å². The monoisotopic (exact) mass is 489 g/mol. The Morgan fingerprint density at radius 2 is 1.81 bits per heavy atom. The second-order valence-electron chi connectivity index (χ2n) is 7.05. The number of likely N-dealkylation sites (tertiary alicyclic amines) is 1. The Hall–Kier alpha value is -1.29. The van der Waals surface area contributed by atoms with Crippen LogP contribution in [0, 0.1) is 0 Å². The van der Waals surface area contributed by atoms with Gasteiger partial charge in [0.1, 0.15) is 5.76 Å². The van der Waals surface area contributed by atoms with Gasteiger partial charge in [0, 0.05) is 46.7 Å². The molecule has 1 aromatic heterocycles. The summed E-state index contributed by atoms with van der Waals surface area (Å²) in [5.74, 6) is 2.06. The lowest BCUT2D eigenvalue weighted by atomic mass is 10.1. The standard InChI is InChI=1S/C19H31N5O2.HI/c1-16(25)22-10-12-24(13-11-22)19(20-2)21-15-17(18-7-6-14-26-18)23-8-4-3-5-9-23;/h6-7,14,17H,3-5,8-13,15H2,1-2H3,(H,20,21);1H. The maximum Gasteiger partial charge on any atom is 0.219 e. The zero-order valence-electron chi connectivity index (χ0n) is 16.4. The molecule has 27 heavy (non-hydrogen) atoms. The number of nitrogens with zero attached hydrogens (tertiary/aromatic N) is 4. The van der Waals surface area contributed by atoms with Gasteiger partial charge in [0.15, 0.2) is 5.96 Å².